The smallest absolute Gasteiger partial charge is 0.116 e. The Hall–Kier alpha value is -0.265. The SMILES string of the molecule is CC=O.[B]. The first kappa shape index (κ1) is 9.28. The number of rotatable bonds is 0. The van der Waals surface area contributed by atoms with Gasteiger partial charge in [0.05, 0.1) is 0 Å². The van der Waals surface area contributed by atoms with Gasteiger partial charge in [0.25, 0.3) is 0 Å². The van der Waals surface area contributed by atoms with E-state index in [4.69, 9.17) is 4.79 Å². The molecular weight excluding hydrogens is 50.8 g/mol. The lowest BCUT2D eigenvalue weighted by Gasteiger charge is -1.23. The van der Waals surface area contributed by atoms with E-state index in [2.05, 4.69) is 0 Å². The van der Waals surface area contributed by atoms with Crippen LogP contribution in [0.1, 0.15) is 6.92 Å². The summed E-state index contributed by atoms with van der Waals surface area (Å²) in [5.74, 6) is 0. The molecule has 0 rings (SSSR count). The number of carbonyl (C=O) groups excluding carboxylic acids is 1. The summed E-state index contributed by atoms with van der Waals surface area (Å²) in [4.78, 5) is 8.81. The van der Waals surface area contributed by atoms with Crippen molar-refractivity contribution >= 4 is 14.7 Å². The Morgan fingerprint density at radius 1 is 1.75 bits per heavy atom. The van der Waals surface area contributed by atoms with E-state index in [9.17, 15) is 0 Å². The van der Waals surface area contributed by atoms with E-state index >= 15 is 0 Å². The summed E-state index contributed by atoms with van der Waals surface area (Å²) < 4.78 is 0. The van der Waals surface area contributed by atoms with Crippen molar-refractivity contribution < 1.29 is 4.79 Å². The maximum atomic E-state index is 8.81. The third-order valence-electron chi connectivity index (χ3n) is 0. The zero-order chi connectivity index (χ0) is 2.71. The van der Waals surface area contributed by atoms with E-state index < -0.39 is 0 Å². The molecule has 0 bridgehead atoms. The third kappa shape index (κ3) is 13.3. The van der Waals surface area contributed by atoms with Gasteiger partial charge >= 0.3 is 0 Å². The van der Waals surface area contributed by atoms with Crippen molar-refractivity contribution in [3.05, 3.63) is 0 Å². The zero-order valence-corrected chi connectivity index (χ0v) is 2.56. The molecule has 0 N–H and O–H groups in total. The average Bonchev–Trinajstić information content (AvgIpc) is 0.918. The van der Waals surface area contributed by atoms with Crippen LogP contribution in [-0.2, 0) is 4.79 Å². The third-order valence-corrected chi connectivity index (χ3v) is 0. The molecule has 1 nitrogen and oxygen atoms in total. The van der Waals surface area contributed by atoms with Gasteiger partial charge in [-0.25, -0.2) is 0 Å². The van der Waals surface area contributed by atoms with Gasteiger partial charge in [-0.15, -0.1) is 0 Å². The lowest BCUT2D eigenvalue weighted by atomic mass is 10.8. The van der Waals surface area contributed by atoms with E-state index in [1.807, 2.05) is 0 Å². The summed E-state index contributed by atoms with van der Waals surface area (Å²) in [5, 5.41) is 0. The van der Waals surface area contributed by atoms with Crippen molar-refractivity contribution in [2.24, 2.45) is 0 Å². The van der Waals surface area contributed by atoms with Crippen LogP contribution in [0.5, 0.6) is 0 Å². The van der Waals surface area contributed by atoms with Crippen LogP contribution in [0.25, 0.3) is 0 Å². The molecule has 21 valence electrons. The van der Waals surface area contributed by atoms with Crippen LogP contribution in [-0.4, -0.2) is 14.7 Å². The standard InChI is InChI=1S/C2H4O.B/c1-2-3;/h2H,1H3;. The number of aldehydes is 1. The Morgan fingerprint density at radius 3 is 1.75 bits per heavy atom. The van der Waals surface area contributed by atoms with Gasteiger partial charge in [-0.05, 0) is 6.92 Å². The van der Waals surface area contributed by atoms with E-state index in [0.717, 1.165) is 6.29 Å². The topological polar surface area (TPSA) is 17.1 Å². The van der Waals surface area contributed by atoms with Crippen molar-refractivity contribution in [3.63, 3.8) is 0 Å². The zero-order valence-electron chi connectivity index (χ0n) is 2.56. The maximum absolute atomic E-state index is 8.81. The summed E-state index contributed by atoms with van der Waals surface area (Å²) in [6.45, 7) is 1.44. The van der Waals surface area contributed by atoms with Crippen LogP contribution in [0.2, 0.25) is 0 Å². The summed E-state index contributed by atoms with van der Waals surface area (Å²) in [6, 6.07) is 0. The van der Waals surface area contributed by atoms with Gasteiger partial charge in [0.15, 0.2) is 0 Å². The Bertz CT molecular complexity index is 13.5. The first-order valence-corrected chi connectivity index (χ1v) is 0.813. The van der Waals surface area contributed by atoms with E-state index in [1.54, 1.807) is 0 Å². The van der Waals surface area contributed by atoms with Crippen molar-refractivity contribution in [2.45, 2.75) is 6.92 Å². The molecule has 0 spiro atoms. The molecular formula is C2H4BO. The second-order valence-electron chi connectivity index (χ2n) is 0.236. The Balaban J connectivity index is 0. The van der Waals surface area contributed by atoms with Crippen LogP contribution in [0, 0.1) is 0 Å². The molecule has 0 heterocycles. The van der Waals surface area contributed by atoms with E-state index in [-0.39, 0.29) is 8.41 Å². The molecule has 0 fully saturated rings. The minimum Gasteiger partial charge on any atom is -0.304 e. The predicted molar refractivity (Wildman–Crippen MR) is 17.5 cm³/mol. The van der Waals surface area contributed by atoms with Crippen molar-refractivity contribution in [3.8, 4) is 0 Å². The average molecular weight is 54.9 g/mol. The highest BCUT2D eigenvalue weighted by molar-refractivity contribution is 5.75. The largest absolute Gasteiger partial charge is 0.304 e. The van der Waals surface area contributed by atoms with Gasteiger partial charge in [-0.1, -0.05) is 0 Å². The number of carbonyl (C=O) groups is 1. The monoisotopic (exact) mass is 55.0 g/mol. The van der Waals surface area contributed by atoms with Gasteiger partial charge < -0.3 is 4.79 Å². The second-order valence-corrected chi connectivity index (χ2v) is 0.236. The van der Waals surface area contributed by atoms with Crippen LogP contribution in [0.4, 0.5) is 0 Å². The molecule has 0 aromatic rings. The summed E-state index contributed by atoms with van der Waals surface area (Å²) in [6.07, 6.45) is 0.750. The van der Waals surface area contributed by atoms with E-state index in [1.165, 1.54) is 6.92 Å². The van der Waals surface area contributed by atoms with E-state index in [0.29, 0.717) is 0 Å². The minimum atomic E-state index is 0. The van der Waals surface area contributed by atoms with Gasteiger partial charge in [-0.3, -0.25) is 0 Å². The molecule has 0 aromatic carbocycles. The molecule has 0 aliphatic heterocycles. The fourth-order valence-electron chi connectivity index (χ4n) is 0. The van der Waals surface area contributed by atoms with Gasteiger partial charge in [0.2, 0.25) is 0 Å². The molecule has 4 heavy (non-hydrogen) atoms. The maximum Gasteiger partial charge on any atom is 0.116 e. The van der Waals surface area contributed by atoms with Crippen LogP contribution in [0.15, 0.2) is 0 Å². The molecule has 0 amide bonds. The minimum absolute atomic E-state index is 0. The van der Waals surface area contributed by atoms with Crippen molar-refractivity contribution in [1.29, 1.82) is 0 Å². The van der Waals surface area contributed by atoms with Crippen molar-refractivity contribution in [1.82, 2.24) is 0 Å². The molecule has 0 aliphatic rings. The molecule has 0 atom stereocenters. The van der Waals surface area contributed by atoms with Gasteiger partial charge in [0, 0.05) is 8.41 Å². The highest BCUT2D eigenvalue weighted by Gasteiger charge is 1.24. The van der Waals surface area contributed by atoms with Crippen molar-refractivity contribution in [2.75, 3.05) is 0 Å². The summed E-state index contributed by atoms with van der Waals surface area (Å²) >= 11 is 0. The van der Waals surface area contributed by atoms with Gasteiger partial charge in [-0.2, -0.15) is 0 Å². The first-order valence-electron chi connectivity index (χ1n) is 0.813. The lowest BCUT2D eigenvalue weighted by Crippen LogP contribution is -1.36. The normalized spacial score (nSPS) is 3.25. The number of hydrogen-bond donors (Lipinski definition) is 0. The molecule has 0 unspecified atom stereocenters. The van der Waals surface area contributed by atoms with Crippen LogP contribution in [0.3, 0.4) is 0 Å². The molecule has 0 aromatic heterocycles. The fraction of sp³-hybridized carbons (Fsp3) is 0.500. The Morgan fingerprint density at radius 2 is 1.75 bits per heavy atom. The van der Waals surface area contributed by atoms with Gasteiger partial charge in [0.1, 0.15) is 6.29 Å². The molecule has 3 radical (unpaired) electrons. The highest BCUT2D eigenvalue weighted by Crippen LogP contribution is 1.13. The second kappa shape index (κ2) is 15.2. The van der Waals surface area contributed by atoms with Crippen LogP contribution >= 0.6 is 0 Å². The highest BCUT2D eigenvalue weighted by atomic mass is 16.1. The van der Waals surface area contributed by atoms with Crippen LogP contribution < -0.4 is 0 Å². The molecule has 0 aliphatic carbocycles. The number of hydrogen-bond acceptors (Lipinski definition) is 1. The fourth-order valence-corrected chi connectivity index (χ4v) is 0. The summed E-state index contributed by atoms with van der Waals surface area (Å²) in [7, 11) is 0. The molecule has 0 saturated heterocycles. The Labute approximate surface area is 27.6 Å². The predicted octanol–water partition coefficient (Wildman–Crippen LogP) is -0.176. The molecule has 2 heteroatoms. The lowest BCUT2D eigenvalue weighted by molar-refractivity contribution is -0.106. The quantitative estimate of drug-likeness (QED) is 0.277. The molecule has 0 saturated carbocycles. The summed E-state index contributed by atoms with van der Waals surface area (Å²) in [5.41, 5.74) is 0. The Kier molecular flexibility index (Phi) is 35.4. The first-order chi connectivity index (χ1) is 1.41.